The summed E-state index contributed by atoms with van der Waals surface area (Å²) in [5.41, 5.74) is 7.61. The molecule has 0 saturated heterocycles. The van der Waals surface area contributed by atoms with Crippen molar-refractivity contribution in [1.82, 2.24) is 0 Å². The molecule has 17 heavy (non-hydrogen) atoms. The molecular weight excluding hydrogens is 236 g/mol. The standard InChI is InChI=1S/C12H20N2O2S/c1-11-3-2-4-12(9-11)10-17(16,8-5-13)14-6-7-15/h2-4,9,15H,5-8,10,13H2,1H3. The van der Waals surface area contributed by atoms with Crippen LogP contribution >= 0.6 is 0 Å². The Morgan fingerprint density at radius 3 is 2.82 bits per heavy atom. The summed E-state index contributed by atoms with van der Waals surface area (Å²) in [7, 11) is -2.33. The molecule has 1 rings (SSSR count). The Balaban J connectivity index is 2.91. The Morgan fingerprint density at radius 1 is 1.47 bits per heavy atom. The van der Waals surface area contributed by atoms with Crippen LogP contribution in [0.1, 0.15) is 11.1 Å². The molecule has 0 aromatic heterocycles. The van der Waals surface area contributed by atoms with Crippen LogP contribution in [-0.4, -0.2) is 34.8 Å². The van der Waals surface area contributed by atoms with Gasteiger partial charge in [-0.05, 0) is 12.5 Å². The lowest BCUT2D eigenvalue weighted by Crippen LogP contribution is -2.18. The van der Waals surface area contributed by atoms with Crippen molar-refractivity contribution < 1.29 is 9.32 Å². The van der Waals surface area contributed by atoms with Gasteiger partial charge in [-0.1, -0.05) is 29.8 Å². The lowest BCUT2D eigenvalue weighted by molar-refractivity contribution is 0.307. The Hall–Kier alpha value is -0.910. The summed E-state index contributed by atoms with van der Waals surface area (Å²) < 4.78 is 16.6. The number of aliphatic hydroxyl groups excluding tert-OH is 1. The maximum atomic E-state index is 12.5. The molecule has 0 heterocycles. The van der Waals surface area contributed by atoms with E-state index in [0.717, 1.165) is 11.1 Å². The number of hydrogen-bond acceptors (Lipinski definition) is 4. The Bertz CT molecular complexity index is 465. The third-order valence-electron chi connectivity index (χ3n) is 2.34. The molecule has 1 aromatic carbocycles. The Kier molecular flexibility index (Phi) is 5.61. The van der Waals surface area contributed by atoms with Crippen molar-refractivity contribution in [3.05, 3.63) is 35.4 Å². The second-order valence-corrected chi connectivity index (χ2v) is 6.48. The Labute approximate surface area is 103 Å². The molecule has 96 valence electrons. The fourth-order valence-corrected chi connectivity index (χ4v) is 3.48. The first-order chi connectivity index (χ1) is 8.09. The van der Waals surface area contributed by atoms with Crippen LogP contribution in [0.15, 0.2) is 28.6 Å². The first-order valence-electron chi connectivity index (χ1n) is 5.64. The molecule has 1 aromatic rings. The molecule has 1 unspecified atom stereocenters. The molecule has 0 saturated carbocycles. The highest BCUT2D eigenvalue weighted by molar-refractivity contribution is 7.92. The van der Waals surface area contributed by atoms with E-state index in [2.05, 4.69) is 4.36 Å². The zero-order chi connectivity index (χ0) is 12.7. The molecule has 0 bridgehead atoms. The van der Waals surface area contributed by atoms with Crippen molar-refractivity contribution in [2.45, 2.75) is 12.7 Å². The van der Waals surface area contributed by atoms with Crippen LogP contribution in [0.5, 0.6) is 0 Å². The molecule has 0 aliphatic rings. The van der Waals surface area contributed by atoms with Crippen LogP contribution in [0.3, 0.4) is 0 Å². The van der Waals surface area contributed by atoms with Gasteiger partial charge in [0.1, 0.15) is 0 Å². The van der Waals surface area contributed by atoms with Gasteiger partial charge in [0.15, 0.2) is 0 Å². The van der Waals surface area contributed by atoms with E-state index >= 15 is 0 Å². The summed E-state index contributed by atoms with van der Waals surface area (Å²) in [5, 5.41) is 8.76. The maximum absolute atomic E-state index is 12.5. The maximum Gasteiger partial charge on any atom is 0.0715 e. The van der Waals surface area contributed by atoms with E-state index in [1.807, 2.05) is 31.2 Å². The lowest BCUT2D eigenvalue weighted by atomic mass is 10.2. The molecule has 3 N–H and O–H groups in total. The second kappa shape index (κ2) is 6.74. The van der Waals surface area contributed by atoms with Gasteiger partial charge in [-0.2, -0.15) is 0 Å². The molecule has 1 atom stereocenters. The molecule has 4 nitrogen and oxygen atoms in total. The zero-order valence-corrected chi connectivity index (χ0v) is 10.9. The van der Waals surface area contributed by atoms with Gasteiger partial charge in [-0.25, -0.2) is 8.57 Å². The first-order valence-corrected chi connectivity index (χ1v) is 7.50. The largest absolute Gasteiger partial charge is 0.394 e. The van der Waals surface area contributed by atoms with E-state index in [0.29, 0.717) is 18.1 Å². The van der Waals surface area contributed by atoms with Crippen molar-refractivity contribution in [3.63, 3.8) is 0 Å². The van der Waals surface area contributed by atoms with Gasteiger partial charge in [0, 0.05) is 12.3 Å². The van der Waals surface area contributed by atoms with E-state index in [-0.39, 0.29) is 13.2 Å². The SMILES string of the molecule is Cc1cccc(CS(=O)(CCN)=NCCO)c1. The minimum absolute atomic E-state index is 0.0740. The van der Waals surface area contributed by atoms with Gasteiger partial charge in [0.25, 0.3) is 0 Å². The van der Waals surface area contributed by atoms with Gasteiger partial charge in [-0.15, -0.1) is 0 Å². The fourth-order valence-electron chi connectivity index (χ4n) is 1.64. The average Bonchev–Trinajstić information content (AvgIpc) is 2.27. The summed E-state index contributed by atoms with van der Waals surface area (Å²) in [6.07, 6.45) is 0. The Morgan fingerprint density at radius 2 is 2.24 bits per heavy atom. The van der Waals surface area contributed by atoms with Gasteiger partial charge in [-0.3, -0.25) is 0 Å². The number of hydrogen-bond donors (Lipinski definition) is 2. The van der Waals surface area contributed by atoms with Crippen LogP contribution in [0.4, 0.5) is 0 Å². The van der Waals surface area contributed by atoms with E-state index in [9.17, 15) is 4.21 Å². The van der Waals surface area contributed by atoms with Gasteiger partial charge in [0.2, 0.25) is 0 Å². The predicted molar refractivity (Wildman–Crippen MR) is 71.3 cm³/mol. The van der Waals surface area contributed by atoms with Crippen LogP contribution in [0.2, 0.25) is 0 Å². The zero-order valence-electron chi connectivity index (χ0n) is 10.1. The van der Waals surface area contributed by atoms with Crippen LogP contribution in [-0.2, 0) is 15.5 Å². The highest BCUT2D eigenvalue weighted by Gasteiger charge is 2.09. The molecule has 0 spiro atoms. The van der Waals surface area contributed by atoms with Crippen molar-refractivity contribution in [2.75, 3.05) is 25.4 Å². The van der Waals surface area contributed by atoms with E-state index in [4.69, 9.17) is 10.8 Å². The molecule has 0 fully saturated rings. The van der Waals surface area contributed by atoms with Crippen molar-refractivity contribution in [2.24, 2.45) is 10.1 Å². The van der Waals surface area contributed by atoms with Crippen LogP contribution in [0.25, 0.3) is 0 Å². The van der Waals surface area contributed by atoms with Crippen molar-refractivity contribution in [3.8, 4) is 0 Å². The topological polar surface area (TPSA) is 75.7 Å². The third-order valence-corrected chi connectivity index (χ3v) is 4.65. The molecule has 0 aliphatic carbocycles. The number of aliphatic hydroxyl groups is 1. The van der Waals surface area contributed by atoms with Crippen molar-refractivity contribution in [1.29, 1.82) is 0 Å². The second-order valence-electron chi connectivity index (χ2n) is 3.98. The number of aryl methyl sites for hydroxylation is 1. The number of benzene rings is 1. The average molecular weight is 256 g/mol. The van der Waals surface area contributed by atoms with Crippen molar-refractivity contribution >= 4 is 9.73 Å². The summed E-state index contributed by atoms with van der Waals surface area (Å²) in [6, 6.07) is 7.89. The molecule has 0 amide bonds. The van der Waals surface area contributed by atoms with E-state index in [1.165, 1.54) is 0 Å². The molecule has 5 heteroatoms. The highest BCUT2D eigenvalue weighted by Crippen LogP contribution is 2.11. The minimum Gasteiger partial charge on any atom is -0.394 e. The van der Waals surface area contributed by atoms with Crippen LogP contribution < -0.4 is 5.73 Å². The van der Waals surface area contributed by atoms with E-state index < -0.39 is 9.73 Å². The number of rotatable bonds is 6. The first kappa shape index (κ1) is 14.2. The number of nitrogens with two attached hydrogens (primary N) is 1. The predicted octanol–water partition coefficient (Wildman–Crippen LogP) is 0.914. The van der Waals surface area contributed by atoms with E-state index in [1.54, 1.807) is 0 Å². The monoisotopic (exact) mass is 256 g/mol. The fraction of sp³-hybridized carbons (Fsp3) is 0.500. The quantitative estimate of drug-likeness (QED) is 0.794. The summed E-state index contributed by atoms with van der Waals surface area (Å²) in [4.78, 5) is 0. The normalized spacial score (nSPS) is 14.3. The minimum atomic E-state index is -2.33. The van der Waals surface area contributed by atoms with Gasteiger partial charge in [0.05, 0.1) is 28.6 Å². The van der Waals surface area contributed by atoms with Gasteiger partial charge >= 0.3 is 0 Å². The summed E-state index contributed by atoms with van der Waals surface area (Å²) in [6.45, 7) is 2.48. The summed E-state index contributed by atoms with van der Waals surface area (Å²) >= 11 is 0. The lowest BCUT2D eigenvalue weighted by Gasteiger charge is -2.09. The molecule has 0 radical (unpaired) electrons. The molecule has 0 aliphatic heterocycles. The third kappa shape index (κ3) is 4.85. The van der Waals surface area contributed by atoms with Crippen LogP contribution in [0, 0.1) is 6.92 Å². The summed E-state index contributed by atoms with van der Waals surface area (Å²) in [5.74, 6) is 0.785. The van der Waals surface area contributed by atoms with Gasteiger partial charge < -0.3 is 10.8 Å². The highest BCUT2D eigenvalue weighted by atomic mass is 32.2. The number of nitrogens with zero attached hydrogens (tertiary/aromatic N) is 1. The smallest absolute Gasteiger partial charge is 0.0715 e. The molecular formula is C12H20N2O2S.